The SMILES string of the molecule is CCCC(O)CC(C)CC. The van der Waals surface area contributed by atoms with Gasteiger partial charge in [-0.25, -0.2) is 0 Å². The number of rotatable bonds is 5. The second kappa shape index (κ2) is 5.72. The molecule has 0 aliphatic rings. The van der Waals surface area contributed by atoms with E-state index in [0.29, 0.717) is 5.92 Å². The van der Waals surface area contributed by atoms with Gasteiger partial charge in [0.25, 0.3) is 0 Å². The van der Waals surface area contributed by atoms with Crippen LogP contribution < -0.4 is 0 Å². The second-order valence-electron chi connectivity index (χ2n) is 3.19. The normalized spacial score (nSPS) is 16.8. The summed E-state index contributed by atoms with van der Waals surface area (Å²) in [6, 6.07) is 0. The van der Waals surface area contributed by atoms with Crippen molar-refractivity contribution in [3.05, 3.63) is 0 Å². The summed E-state index contributed by atoms with van der Waals surface area (Å²) in [5.74, 6) is 0.682. The zero-order valence-corrected chi connectivity index (χ0v) is 7.43. The Hall–Kier alpha value is -0.0400. The molecule has 0 aliphatic carbocycles. The highest BCUT2D eigenvalue weighted by Crippen LogP contribution is 2.12. The molecular weight excluding hydrogens is 124 g/mol. The summed E-state index contributed by atoms with van der Waals surface area (Å²) in [6.07, 6.45) is 4.16. The van der Waals surface area contributed by atoms with Crippen LogP contribution in [0.1, 0.15) is 46.5 Å². The Morgan fingerprint density at radius 2 is 1.90 bits per heavy atom. The molecule has 1 nitrogen and oxygen atoms in total. The average molecular weight is 144 g/mol. The molecule has 1 heteroatoms. The summed E-state index contributed by atoms with van der Waals surface area (Å²) in [5.41, 5.74) is 0. The topological polar surface area (TPSA) is 20.2 Å². The number of hydrogen-bond donors (Lipinski definition) is 1. The van der Waals surface area contributed by atoms with Gasteiger partial charge >= 0.3 is 0 Å². The minimum Gasteiger partial charge on any atom is -0.393 e. The summed E-state index contributed by atoms with van der Waals surface area (Å²) in [7, 11) is 0. The Morgan fingerprint density at radius 3 is 2.30 bits per heavy atom. The number of aliphatic hydroxyl groups excluding tert-OH is 1. The van der Waals surface area contributed by atoms with Crippen LogP contribution in [0.2, 0.25) is 0 Å². The van der Waals surface area contributed by atoms with E-state index in [1.165, 1.54) is 6.42 Å². The summed E-state index contributed by atoms with van der Waals surface area (Å²) >= 11 is 0. The van der Waals surface area contributed by atoms with Crippen LogP contribution in [-0.2, 0) is 0 Å². The molecule has 0 rings (SSSR count). The van der Waals surface area contributed by atoms with Gasteiger partial charge in [0.1, 0.15) is 0 Å². The molecular formula is C9H20O. The fourth-order valence-corrected chi connectivity index (χ4v) is 1.08. The molecule has 2 unspecified atom stereocenters. The molecule has 0 radical (unpaired) electrons. The molecule has 62 valence electrons. The fourth-order valence-electron chi connectivity index (χ4n) is 1.08. The minimum absolute atomic E-state index is 0.0556. The van der Waals surface area contributed by atoms with Crippen molar-refractivity contribution >= 4 is 0 Å². The van der Waals surface area contributed by atoms with E-state index in [4.69, 9.17) is 0 Å². The Labute approximate surface area is 64.5 Å². The molecule has 0 aromatic rings. The third kappa shape index (κ3) is 4.80. The zero-order chi connectivity index (χ0) is 7.98. The molecule has 0 saturated heterocycles. The van der Waals surface area contributed by atoms with Gasteiger partial charge in [-0.05, 0) is 18.8 Å². The number of hydrogen-bond acceptors (Lipinski definition) is 1. The summed E-state index contributed by atoms with van der Waals surface area (Å²) in [5, 5.41) is 9.35. The first-order valence-corrected chi connectivity index (χ1v) is 4.38. The van der Waals surface area contributed by atoms with Gasteiger partial charge in [0.2, 0.25) is 0 Å². The Kier molecular flexibility index (Phi) is 5.70. The Morgan fingerprint density at radius 1 is 1.30 bits per heavy atom. The highest BCUT2D eigenvalue weighted by atomic mass is 16.3. The first-order valence-electron chi connectivity index (χ1n) is 4.38. The third-order valence-electron chi connectivity index (χ3n) is 1.99. The van der Waals surface area contributed by atoms with Crippen LogP contribution in [0.4, 0.5) is 0 Å². The maximum atomic E-state index is 9.35. The highest BCUT2D eigenvalue weighted by molar-refractivity contribution is 4.59. The quantitative estimate of drug-likeness (QED) is 0.628. The molecule has 0 aromatic carbocycles. The Bertz CT molecular complexity index is 71.1. The maximum Gasteiger partial charge on any atom is 0.0542 e. The van der Waals surface area contributed by atoms with Gasteiger partial charge in [0, 0.05) is 0 Å². The van der Waals surface area contributed by atoms with E-state index in [2.05, 4.69) is 20.8 Å². The molecule has 0 aliphatic heterocycles. The molecule has 10 heavy (non-hydrogen) atoms. The van der Waals surface area contributed by atoms with Crippen molar-refractivity contribution in [2.75, 3.05) is 0 Å². The molecule has 0 aromatic heterocycles. The summed E-state index contributed by atoms with van der Waals surface area (Å²) in [6.45, 7) is 6.47. The van der Waals surface area contributed by atoms with Crippen molar-refractivity contribution in [1.82, 2.24) is 0 Å². The predicted octanol–water partition coefficient (Wildman–Crippen LogP) is 2.58. The lowest BCUT2D eigenvalue weighted by molar-refractivity contribution is 0.134. The van der Waals surface area contributed by atoms with E-state index in [9.17, 15) is 5.11 Å². The second-order valence-corrected chi connectivity index (χ2v) is 3.19. The van der Waals surface area contributed by atoms with E-state index in [1.54, 1.807) is 0 Å². The molecule has 0 saturated carbocycles. The van der Waals surface area contributed by atoms with Crippen molar-refractivity contribution in [2.45, 2.75) is 52.6 Å². The van der Waals surface area contributed by atoms with E-state index >= 15 is 0 Å². The van der Waals surface area contributed by atoms with Gasteiger partial charge in [-0.15, -0.1) is 0 Å². The zero-order valence-electron chi connectivity index (χ0n) is 7.43. The molecule has 0 amide bonds. The van der Waals surface area contributed by atoms with Crippen LogP contribution in [-0.4, -0.2) is 11.2 Å². The van der Waals surface area contributed by atoms with Crippen LogP contribution in [0, 0.1) is 5.92 Å². The molecule has 0 heterocycles. The van der Waals surface area contributed by atoms with Gasteiger partial charge in [0.15, 0.2) is 0 Å². The number of aliphatic hydroxyl groups is 1. The highest BCUT2D eigenvalue weighted by Gasteiger charge is 2.06. The van der Waals surface area contributed by atoms with E-state index in [-0.39, 0.29) is 6.10 Å². The monoisotopic (exact) mass is 144 g/mol. The largest absolute Gasteiger partial charge is 0.393 e. The van der Waals surface area contributed by atoms with Gasteiger partial charge < -0.3 is 5.11 Å². The van der Waals surface area contributed by atoms with Crippen LogP contribution in [0.5, 0.6) is 0 Å². The first-order chi connectivity index (χ1) is 4.70. The lowest BCUT2D eigenvalue weighted by Gasteiger charge is -2.13. The van der Waals surface area contributed by atoms with E-state index < -0.39 is 0 Å². The van der Waals surface area contributed by atoms with Gasteiger partial charge in [-0.1, -0.05) is 33.6 Å². The predicted molar refractivity (Wildman–Crippen MR) is 45.0 cm³/mol. The molecule has 2 atom stereocenters. The summed E-state index contributed by atoms with van der Waals surface area (Å²) < 4.78 is 0. The van der Waals surface area contributed by atoms with Crippen LogP contribution in [0.3, 0.4) is 0 Å². The molecule has 0 fully saturated rings. The lowest BCUT2D eigenvalue weighted by atomic mass is 9.99. The fraction of sp³-hybridized carbons (Fsp3) is 1.00. The van der Waals surface area contributed by atoms with Crippen molar-refractivity contribution in [2.24, 2.45) is 5.92 Å². The lowest BCUT2D eigenvalue weighted by Crippen LogP contribution is -2.10. The average Bonchev–Trinajstić information content (AvgIpc) is 1.88. The molecule has 0 spiro atoms. The Balaban J connectivity index is 3.27. The van der Waals surface area contributed by atoms with Gasteiger partial charge in [-0.3, -0.25) is 0 Å². The van der Waals surface area contributed by atoms with Crippen molar-refractivity contribution in [1.29, 1.82) is 0 Å². The van der Waals surface area contributed by atoms with E-state index in [1.807, 2.05) is 0 Å². The third-order valence-corrected chi connectivity index (χ3v) is 1.99. The van der Waals surface area contributed by atoms with Crippen LogP contribution >= 0.6 is 0 Å². The van der Waals surface area contributed by atoms with Gasteiger partial charge in [-0.2, -0.15) is 0 Å². The van der Waals surface area contributed by atoms with Crippen molar-refractivity contribution in [3.8, 4) is 0 Å². The molecule has 1 N–H and O–H groups in total. The maximum absolute atomic E-state index is 9.35. The van der Waals surface area contributed by atoms with Crippen LogP contribution in [0.15, 0.2) is 0 Å². The molecule has 0 bridgehead atoms. The standard InChI is InChI=1S/C9H20O/c1-4-6-9(10)7-8(3)5-2/h8-10H,4-7H2,1-3H3. The van der Waals surface area contributed by atoms with Crippen molar-refractivity contribution < 1.29 is 5.11 Å². The first kappa shape index (κ1) is 9.96. The smallest absolute Gasteiger partial charge is 0.0542 e. The minimum atomic E-state index is -0.0556. The van der Waals surface area contributed by atoms with Crippen molar-refractivity contribution in [3.63, 3.8) is 0 Å². The van der Waals surface area contributed by atoms with Gasteiger partial charge in [0.05, 0.1) is 6.10 Å². The summed E-state index contributed by atoms with van der Waals surface area (Å²) in [4.78, 5) is 0. The van der Waals surface area contributed by atoms with E-state index in [0.717, 1.165) is 19.3 Å². The van der Waals surface area contributed by atoms with Crippen LogP contribution in [0.25, 0.3) is 0 Å².